The molecule has 0 aromatic rings. The van der Waals surface area contributed by atoms with Crippen molar-refractivity contribution >= 4 is 0 Å². The van der Waals surface area contributed by atoms with Crippen LogP contribution >= 0.6 is 0 Å². The van der Waals surface area contributed by atoms with E-state index in [0.717, 1.165) is 12.3 Å². The van der Waals surface area contributed by atoms with Gasteiger partial charge >= 0.3 is 0 Å². The van der Waals surface area contributed by atoms with E-state index in [2.05, 4.69) is 41.6 Å². The van der Waals surface area contributed by atoms with E-state index in [0.29, 0.717) is 6.04 Å². The standard InChI is InChI=1S/C13H18N2/c1-15-7-6-12-10-4-2-3-5-11(8-10)14-13(12)9-15/h2-5,12-14H,6-9H2,1H3. The molecule has 2 bridgehead atoms. The van der Waals surface area contributed by atoms with Gasteiger partial charge in [-0.25, -0.2) is 0 Å². The van der Waals surface area contributed by atoms with Crippen molar-refractivity contribution in [3.63, 3.8) is 0 Å². The van der Waals surface area contributed by atoms with Gasteiger partial charge in [-0.1, -0.05) is 23.8 Å². The van der Waals surface area contributed by atoms with Crippen LogP contribution in [0.15, 0.2) is 35.6 Å². The summed E-state index contributed by atoms with van der Waals surface area (Å²) in [7, 11) is 2.22. The number of piperidine rings is 2. The molecule has 3 rings (SSSR count). The topological polar surface area (TPSA) is 15.3 Å². The van der Waals surface area contributed by atoms with Crippen LogP contribution in [0.25, 0.3) is 0 Å². The van der Waals surface area contributed by atoms with Crippen LogP contribution in [0.3, 0.4) is 0 Å². The third-order valence-electron chi connectivity index (χ3n) is 3.78. The number of allylic oxidation sites excluding steroid dienone is 5. The largest absolute Gasteiger partial charge is 0.383 e. The summed E-state index contributed by atoms with van der Waals surface area (Å²) < 4.78 is 0. The van der Waals surface area contributed by atoms with E-state index < -0.39 is 0 Å². The fourth-order valence-electron chi connectivity index (χ4n) is 2.99. The zero-order chi connectivity index (χ0) is 10.3. The Labute approximate surface area is 91.3 Å². The Morgan fingerprint density at radius 1 is 1.33 bits per heavy atom. The van der Waals surface area contributed by atoms with Gasteiger partial charge in [-0.15, -0.1) is 0 Å². The maximum atomic E-state index is 3.68. The van der Waals surface area contributed by atoms with Crippen LogP contribution in [0.5, 0.6) is 0 Å². The number of hydrogen-bond donors (Lipinski definition) is 1. The van der Waals surface area contributed by atoms with Gasteiger partial charge in [0.2, 0.25) is 0 Å². The summed E-state index contributed by atoms with van der Waals surface area (Å²) in [6, 6.07) is 0.634. The van der Waals surface area contributed by atoms with Crippen molar-refractivity contribution in [2.45, 2.75) is 18.9 Å². The zero-order valence-corrected chi connectivity index (χ0v) is 9.24. The van der Waals surface area contributed by atoms with Crippen LogP contribution in [0.2, 0.25) is 0 Å². The van der Waals surface area contributed by atoms with E-state index in [1.807, 2.05) is 0 Å². The van der Waals surface area contributed by atoms with Gasteiger partial charge in [0.1, 0.15) is 0 Å². The maximum absolute atomic E-state index is 3.68. The van der Waals surface area contributed by atoms with Crippen LogP contribution in [0, 0.1) is 5.92 Å². The van der Waals surface area contributed by atoms with Gasteiger partial charge in [-0.2, -0.15) is 0 Å². The summed E-state index contributed by atoms with van der Waals surface area (Å²) in [5, 5.41) is 3.68. The molecule has 15 heavy (non-hydrogen) atoms. The van der Waals surface area contributed by atoms with Gasteiger partial charge in [-0.3, -0.25) is 0 Å². The lowest BCUT2D eigenvalue weighted by molar-refractivity contribution is 0.180. The predicted octanol–water partition coefficient (Wildman–Crippen LogP) is 1.68. The zero-order valence-electron chi connectivity index (χ0n) is 9.24. The van der Waals surface area contributed by atoms with Gasteiger partial charge in [-0.05, 0) is 26.1 Å². The highest BCUT2D eigenvalue weighted by Crippen LogP contribution is 2.34. The maximum Gasteiger partial charge on any atom is 0.0451 e. The fourth-order valence-corrected chi connectivity index (χ4v) is 2.99. The second-order valence-electron chi connectivity index (χ2n) is 4.90. The molecular weight excluding hydrogens is 184 g/mol. The first-order valence-electron chi connectivity index (χ1n) is 5.84. The van der Waals surface area contributed by atoms with Crippen LogP contribution in [-0.4, -0.2) is 31.1 Å². The third-order valence-corrected chi connectivity index (χ3v) is 3.78. The molecule has 2 heterocycles. The van der Waals surface area contributed by atoms with Crippen molar-refractivity contribution < 1.29 is 0 Å². The fraction of sp³-hybridized carbons (Fsp3) is 0.538. The SMILES string of the molecule is CN1CCC2C3=CC=CC=C(C3)NC2C1. The molecule has 2 aliphatic heterocycles. The Balaban J connectivity index is 1.90. The normalized spacial score (nSPS) is 34.7. The minimum absolute atomic E-state index is 0.634. The van der Waals surface area contributed by atoms with E-state index in [1.165, 1.54) is 25.2 Å². The van der Waals surface area contributed by atoms with Crippen molar-refractivity contribution in [1.29, 1.82) is 0 Å². The number of nitrogens with zero attached hydrogens (tertiary/aromatic N) is 1. The van der Waals surface area contributed by atoms with E-state index in [4.69, 9.17) is 0 Å². The summed E-state index contributed by atoms with van der Waals surface area (Å²) in [4.78, 5) is 2.43. The molecule has 1 aliphatic carbocycles. The first kappa shape index (κ1) is 9.22. The Morgan fingerprint density at radius 3 is 3.13 bits per heavy atom. The number of fused-ring (bicyclic) bond motifs is 4. The van der Waals surface area contributed by atoms with Crippen LogP contribution < -0.4 is 5.32 Å². The lowest BCUT2D eigenvalue weighted by Gasteiger charge is -2.43. The number of likely N-dealkylation sites (tertiary alicyclic amines) is 1. The molecular formula is C13H18N2. The monoisotopic (exact) mass is 202 g/mol. The number of nitrogens with one attached hydrogen (secondary N) is 1. The molecule has 2 heteroatoms. The second kappa shape index (κ2) is 3.53. The van der Waals surface area contributed by atoms with Gasteiger partial charge in [0.15, 0.2) is 0 Å². The summed E-state index contributed by atoms with van der Waals surface area (Å²) in [6.07, 6.45) is 11.3. The van der Waals surface area contributed by atoms with Crippen LogP contribution in [-0.2, 0) is 0 Å². The molecule has 3 aliphatic rings. The Morgan fingerprint density at radius 2 is 2.20 bits per heavy atom. The van der Waals surface area contributed by atoms with Crippen LogP contribution in [0.4, 0.5) is 0 Å². The Bertz CT molecular complexity index is 352. The Kier molecular flexibility index (Phi) is 2.17. The third kappa shape index (κ3) is 1.63. The van der Waals surface area contributed by atoms with Gasteiger partial charge in [0.05, 0.1) is 0 Å². The molecule has 2 fully saturated rings. The minimum Gasteiger partial charge on any atom is -0.383 e. The Hall–Kier alpha value is -1.02. The van der Waals surface area contributed by atoms with E-state index in [1.54, 1.807) is 5.57 Å². The van der Waals surface area contributed by atoms with E-state index in [9.17, 15) is 0 Å². The highest BCUT2D eigenvalue weighted by molar-refractivity contribution is 5.34. The lowest BCUT2D eigenvalue weighted by atomic mass is 9.80. The summed E-state index contributed by atoms with van der Waals surface area (Å²) in [6.45, 7) is 2.42. The molecule has 2 unspecified atom stereocenters. The lowest BCUT2D eigenvalue weighted by Crippen LogP contribution is -2.52. The molecule has 0 aromatic heterocycles. The quantitative estimate of drug-likeness (QED) is 0.643. The summed E-state index contributed by atoms with van der Waals surface area (Å²) >= 11 is 0. The molecule has 2 saturated heterocycles. The van der Waals surface area contributed by atoms with Crippen molar-refractivity contribution in [2.24, 2.45) is 5.92 Å². The van der Waals surface area contributed by atoms with Gasteiger partial charge in [0.25, 0.3) is 0 Å². The molecule has 1 N–H and O–H groups in total. The minimum atomic E-state index is 0.634. The van der Waals surface area contributed by atoms with Crippen molar-refractivity contribution in [3.05, 3.63) is 35.6 Å². The number of likely N-dealkylation sites (N-methyl/N-ethyl adjacent to an activating group) is 1. The van der Waals surface area contributed by atoms with Crippen molar-refractivity contribution in [2.75, 3.05) is 20.1 Å². The summed E-state index contributed by atoms with van der Waals surface area (Å²) in [5.74, 6) is 0.765. The van der Waals surface area contributed by atoms with Gasteiger partial charge < -0.3 is 10.2 Å². The molecule has 2 nitrogen and oxygen atoms in total. The average Bonchev–Trinajstić information content (AvgIpc) is 2.41. The van der Waals surface area contributed by atoms with Crippen molar-refractivity contribution in [1.82, 2.24) is 10.2 Å². The number of hydrogen-bond acceptors (Lipinski definition) is 2. The number of rotatable bonds is 0. The molecule has 0 aromatic carbocycles. The van der Waals surface area contributed by atoms with E-state index >= 15 is 0 Å². The average molecular weight is 202 g/mol. The smallest absolute Gasteiger partial charge is 0.0451 e. The molecule has 0 saturated carbocycles. The molecule has 2 atom stereocenters. The van der Waals surface area contributed by atoms with Crippen LogP contribution in [0.1, 0.15) is 12.8 Å². The van der Waals surface area contributed by atoms with Gasteiger partial charge in [0, 0.05) is 30.6 Å². The molecule has 80 valence electrons. The molecule has 0 radical (unpaired) electrons. The predicted molar refractivity (Wildman–Crippen MR) is 62.5 cm³/mol. The summed E-state index contributed by atoms with van der Waals surface area (Å²) in [5.41, 5.74) is 3.03. The molecule has 0 amide bonds. The second-order valence-corrected chi connectivity index (χ2v) is 4.90. The molecule has 0 spiro atoms. The van der Waals surface area contributed by atoms with E-state index in [-0.39, 0.29) is 0 Å². The highest BCUT2D eigenvalue weighted by atomic mass is 15.1. The first-order chi connectivity index (χ1) is 7.33. The van der Waals surface area contributed by atoms with Crippen molar-refractivity contribution in [3.8, 4) is 0 Å². The highest BCUT2D eigenvalue weighted by Gasteiger charge is 2.34. The first-order valence-corrected chi connectivity index (χ1v) is 5.84.